The van der Waals surface area contributed by atoms with Gasteiger partial charge < -0.3 is 15.5 Å². The van der Waals surface area contributed by atoms with Gasteiger partial charge in [0.1, 0.15) is 0 Å². The number of guanidine groups is 1. The smallest absolute Gasteiger partial charge is 0.191 e. The summed E-state index contributed by atoms with van der Waals surface area (Å²) >= 11 is 1.66. The van der Waals surface area contributed by atoms with Crippen LogP contribution in [0.25, 0.3) is 0 Å². The predicted octanol–water partition coefficient (Wildman–Crippen LogP) is 2.68. The van der Waals surface area contributed by atoms with E-state index in [0.29, 0.717) is 6.54 Å². The van der Waals surface area contributed by atoms with Crippen LogP contribution in [0.2, 0.25) is 0 Å². The Kier molecular flexibility index (Phi) is 10.8. The molecule has 0 amide bonds. The summed E-state index contributed by atoms with van der Waals surface area (Å²) in [6.45, 7) is 3.88. The second-order valence-corrected chi connectivity index (χ2v) is 5.41. The molecule has 1 rings (SSSR count). The Bertz CT molecular complexity index is 392. The van der Waals surface area contributed by atoms with Crippen LogP contribution in [0.1, 0.15) is 31.9 Å². The molecule has 0 aromatic carbocycles. The van der Waals surface area contributed by atoms with Crippen molar-refractivity contribution in [1.82, 2.24) is 15.6 Å². The van der Waals surface area contributed by atoms with Crippen LogP contribution in [0.4, 0.5) is 5.13 Å². The van der Waals surface area contributed by atoms with Gasteiger partial charge in [-0.1, -0.05) is 19.8 Å². The Hall–Kier alpha value is -0.570. The number of aromatic nitrogens is 1. The molecule has 1 aromatic heterocycles. The van der Waals surface area contributed by atoms with E-state index in [9.17, 15) is 0 Å². The highest BCUT2D eigenvalue weighted by Crippen LogP contribution is 2.17. The molecule has 0 bridgehead atoms. The zero-order valence-corrected chi connectivity index (χ0v) is 15.9. The normalized spacial score (nSPS) is 10.9. The van der Waals surface area contributed by atoms with Crippen LogP contribution in [-0.2, 0) is 6.54 Å². The molecule has 0 aliphatic carbocycles. The van der Waals surface area contributed by atoms with Crippen LogP contribution in [0, 0.1) is 0 Å². The molecule has 20 heavy (non-hydrogen) atoms. The standard InChI is InChI=1S/C13H25N5S.HI/c1-5-6-7-8-15-12(14-2)16-9-11-10-19-13(17-11)18(3)4;/h10H,5-9H2,1-4H3,(H2,14,15,16);1H. The molecule has 0 atom stereocenters. The molecular formula is C13H26IN5S. The maximum absolute atomic E-state index is 4.52. The van der Waals surface area contributed by atoms with Crippen molar-refractivity contribution in [3.63, 3.8) is 0 Å². The van der Waals surface area contributed by atoms with Gasteiger partial charge in [0.15, 0.2) is 11.1 Å². The first-order valence-corrected chi connectivity index (χ1v) is 7.61. The maximum Gasteiger partial charge on any atom is 0.191 e. The van der Waals surface area contributed by atoms with Crippen LogP contribution in [-0.4, -0.2) is 38.6 Å². The summed E-state index contributed by atoms with van der Waals surface area (Å²) in [6.07, 6.45) is 3.67. The molecule has 2 N–H and O–H groups in total. The highest BCUT2D eigenvalue weighted by atomic mass is 127. The SMILES string of the molecule is CCCCCNC(=NC)NCc1csc(N(C)C)n1.I. The molecule has 116 valence electrons. The summed E-state index contributed by atoms with van der Waals surface area (Å²) in [5.41, 5.74) is 1.05. The van der Waals surface area contributed by atoms with Crippen LogP contribution in [0.3, 0.4) is 0 Å². The molecule has 0 aliphatic heterocycles. The maximum atomic E-state index is 4.52. The molecule has 0 radical (unpaired) electrons. The second kappa shape index (κ2) is 11.1. The number of aliphatic imine (C=N–C) groups is 1. The summed E-state index contributed by atoms with van der Waals surface area (Å²) in [5, 5.41) is 9.69. The lowest BCUT2D eigenvalue weighted by molar-refractivity contribution is 0.682. The summed E-state index contributed by atoms with van der Waals surface area (Å²) in [7, 11) is 5.80. The van der Waals surface area contributed by atoms with Crippen LogP contribution < -0.4 is 15.5 Å². The van der Waals surface area contributed by atoms with E-state index < -0.39 is 0 Å². The van der Waals surface area contributed by atoms with Crippen molar-refractivity contribution in [2.24, 2.45) is 4.99 Å². The number of hydrogen-bond donors (Lipinski definition) is 2. The van der Waals surface area contributed by atoms with Gasteiger partial charge in [-0.25, -0.2) is 4.98 Å². The van der Waals surface area contributed by atoms with Crippen LogP contribution in [0.15, 0.2) is 10.4 Å². The van der Waals surface area contributed by atoms with Gasteiger partial charge in [0.25, 0.3) is 0 Å². The molecule has 0 unspecified atom stereocenters. The summed E-state index contributed by atoms with van der Waals surface area (Å²) < 4.78 is 0. The highest BCUT2D eigenvalue weighted by molar-refractivity contribution is 14.0. The minimum absolute atomic E-state index is 0. The van der Waals surface area contributed by atoms with Gasteiger partial charge in [0.2, 0.25) is 0 Å². The van der Waals surface area contributed by atoms with Crippen molar-refractivity contribution < 1.29 is 0 Å². The number of thiazole rings is 1. The van der Waals surface area contributed by atoms with Crippen molar-refractivity contribution in [2.75, 3.05) is 32.6 Å². The molecule has 0 aliphatic rings. The van der Waals surface area contributed by atoms with Crippen molar-refractivity contribution in [3.05, 3.63) is 11.1 Å². The Labute approximate surface area is 143 Å². The minimum Gasteiger partial charge on any atom is -0.356 e. The Morgan fingerprint density at radius 3 is 2.65 bits per heavy atom. The van der Waals surface area contributed by atoms with Crippen molar-refractivity contribution >= 4 is 46.4 Å². The summed E-state index contributed by atoms with van der Waals surface area (Å²) in [6, 6.07) is 0. The topological polar surface area (TPSA) is 52.6 Å². The van der Waals surface area contributed by atoms with Crippen molar-refractivity contribution in [2.45, 2.75) is 32.7 Å². The highest BCUT2D eigenvalue weighted by Gasteiger charge is 2.04. The largest absolute Gasteiger partial charge is 0.356 e. The van der Waals surface area contributed by atoms with Gasteiger partial charge in [-0.2, -0.15) is 0 Å². The first kappa shape index (κ1) is 19.4. The van der Waals surface area contributed by atoms with E-state index in [1.807, 2.05) is 19.0 Å². The molecule has 0 spiro atoms. The fourth-order valence-electron chi connectivity index (χ4n) is 1.56. The van der Waals surface area contributed by atoms with Gasteiger partial charge >= 0.3 is 0 Å². The summed E-state index contributed by atoms with van der Waals surface area (Å²) in [4.78, 5) is 10.7. The van der Waals surface area contributed by atoms with E-state index >= 15 is 0 Å². The van der Waals surface area contributed by atoms with E-state index in [1.54, 1.807) is 18.4 Å². The quantitative estimate of drug-likeness (QED) is 0.314. The fourth-order valence-corrected chi connectivity index (χ4v) is 2.32. The van der Waals surface area contributed by atoms with Crippen molar-refractivity contribution in [1.29, 1.82) is 0 Å². The second-order valence-electron chi connectivity index (χ2n) is 4.58. The fraction of sp³-hybridized carbons (Fsp3) is 0.692. The van der Waals surface area contributed by atoms with Gasteiger partial charge in [-0.15, -0.1) is 35.3 Å². The van der Waals surface area contributed by atoms with Crippen LogP contribution in [0.5, 0.6) is 0 Å². The molecule has 1 heterocycles. The number of hydrogen-bond acceptors (Lipinski definition) is 4. The minimum atomic E-state index is 0. The first-order chi connectivity index (χ1) is 9.17. The summed E-state index contributed by atoms with van der Waals surface area (Å²) in [5.74, 6) is 0.843. The van der Waals surface area contributed by atoms with E-state index in [2.05, 4.69) is 32.9 Å². The lowest BCUT2D eigenvalue weighted by Crippen LogP contribution is -2.37. The van der Waals surface area contributed by atoms with Crippen molar-refractivity contribution in [3.8, 4) is 0 Å². The zero-order chi connectivity index (χ0) is 14.1. The third-order valence-electron chi connectivity index (χ3n) is 2.66. The predicted molar refractivity (Wildman–Crippen MR) is 99.6 cm³/mol. The van der Waals surface area contributed by atoms with Gasteiger partial charge in [0.05, 0.1) is 12.2 Å². The van der Waals surface area contributed by atoms with E-state index in [-0.39, 0.29) is 24.0 Å². The number of rotatable bonds is 7. The average molecular weight is 411 g/mol. The molecule has 0 fully saturated rings. The van der Waals surface area contributed by atoms with Crippen LogP contribution >= 0.6 is 35.3 Å². The third kappa shape index (κ3) is 7.28. The lowest BCUT2D eigenvalue weighted by Gasteiger charge is -2.10. The average Bonchev–Trinajstić information content (AvgIpc) is 2.87. The first-order valence-electron chi connectivity index (χ1n) is 6.73. The van der Waals surface area contributed by atoms with E-state index in [1.165, 1.54) is 19.3 Å². The number of nitrogens with zero attached hydrogens (tertiary/aromatic N) is 3. The monoisotopic (exact) mass is 411 g/mol. The lowest BCUT2D eigenvalue weighted by atomic mass is 10.2. The number of halogens is 1. The molecular weight excluding hydrogens is 385 g/mol. The molecule has 5 nitrogen and oxygen atoms in total. The van der Waals surface area contributed by atoms with E-state index in [0.717, 1.165) is 23.3 Å². The Balaban J connectivity index is 0.00000361. The number of nitrogens with one attached hydrogen (secondary N) is 2. The van der Waals surface area contributed by atoms with Gasteiger partial charge in [-0.05, 0) is 6.42 Å². The molecule has 0 saturated heterocycles. The Morgan fingerprint density at radius 1 is 1.35 bits per heavy atom. The number of unbranched alkanes of at least 4 members (excludes halogenated alkanes) is 2. The molecule has 7 heteroatoms. The van der Waals surface area contributed by atoms with Gasteiger partial charge in [-0.3, -0.25) is 4.99 Å². The Morgan fingerprint density at radius 2 is 2.10 bits per heavy atom. The number of anilines is 1. The van der Waals surface area contributed by atoms with Gasteiger partial charge in [0, 0.05) is 33.1 Å². The third-order valence-corrected chi connectivity index (χ3v) is 3.71. The van der Waals surface area contributed by atoms with E-state index in [4.69, 9.17) is 0 Å². The zero-order valence-electron chi connectivity index (χ0n) is 12.8. The molecule has 0 saturated carbocycles. The molecule has 1 aromatic rings.